The molecule has 1 aliphatic carbocycles. The van der Waals surface area contributed by atoms with Crippen LogP contribution in [0, 0.1) is 22.7 Å². The van der Waals surface area contributed by atoms with Crippen molar-refractivity contribution < 1.29 is 18.6 Å². The van der Waals surface area contributed by atoms with E-state index in [1.54, 1.807) is 26.2 Å². The molecule has 2 unspecified atom stereocenters. The Morgan fingerprint density at radius 1 is 1.16 bits per heavy atom. The normalized spacial score (nSPS) is 18.1. The van der Waals surface area contributed by atoms with Gasteiger partial charge in [0, 0.05) is 23.3 Å². The topological polar surface area (TPSA) is 51.5 Å². The van der Waals surface area contributed by atoms with Crippen LogP contribution >= 0.6 is 0 Å². The minimum atomic E-state index is -1.56. The fourth-order valence-electron chi connectivity index (χ4n) is 4.82. The molecule has 37 heavy (non-hydrogen) atoms. The Balaban J connectivity index is 2.06. The van der Waals surface area contributed by atoms with Crippen LogP contribution in [0.25, 0.3) is 0 Å². The Morgan fingerprint density at radius 2 is 1.86 bits per heavy atom. The Morgan fingerprint density at radius 3 is 2.41 bits per heavy atom. The predicted octanol–water partition coefficient (Wildman–Crippen LogP) is 9.19. The lowest BCUT2D eigenvalue weighted by molar-refractivity contribution is 0.0393. The van der Waals surface area contributed by atoms with Crippen molar-refractivity contribution in [2.45, 2.75) is 105 Å². The van der Waals surface area contributed by atoms with Crippen molar-refractivity contribution in [2.24, 2.45) is 17.3 Å². The van der Waals surface area contributed by atoms with E-state index in [9.17, 15) is 0 Å². The van der Waals surface area contributed by atoms with E-state index >= 15 is 4.39 Å². The molecule has 5 heteroatoms. The van der Waals surface area contributed by atoms with E-state index in [-0.39, 0.29) is 6.10 Å². The van der Waals surface area contributed by atoms with Crippen molar-refractivity contribution in [2.75, 3.05) is 13.7 Å². The van der Waals surface area contributed by atoms with Gasteiger partial charge >= 0.3 is 0 Å². The minimum Gasteiger partial charge on any atom is -0.498 e. The molecular formula is C32H50FNO3. The first-order valence-electron chi connectivity index (χ1n) is 14.0. The van der Waals surface area contributed by atoms with Gasteiger partial charge in [0.25, 0.3) is 0 Å². The Labute approximate surface area is 225 Å². The zero-order chi connectivity index (χ0) is 27.6. The highest BCUT2D eigenvalue weighted by Crippen LogP contribution is 2.47. The van der Waals surface area contributed by atoms with Gasteiger partial charge < -0.3 is 19.6 Å². The van der Waals surface area contributed by atoms with Crippen molar-refractivity contribution in [1.29, 1.82) is 5.41 Å². The molecular weight excluding hydrogens is 465 g/mol. The highest BCUT2D eigenvalue weighted by Gasteiger charge is 2.42. The zero-order valence-corrected chi connectivity index (χ0v) is 24.5. The minimum absolute atomic E-state index is 0.0350. The monoisotopic (exact) mass is 515 g/mol. The third kappa shape index (κ3) is 8.90. The standard InChI is InChI=1S/C32H50FNO3/c1-9-12-26(37-30-22-27(35-8)16-17-29(30)32(7,33)31(4,5)6)13-11-20-36-23(3)21-25(18-19-34)28(10-2)24-14-15-24/h16-19,21-22,24,26,28,34H,9-15,20H2,1-8H3/b23-21+,25-18+,34-19?/t26-,28?,32?/m0/s1. The van der Waals surface area contributed by atoms with E-state index in [4.69, 9.17) is 19.6 Å². The molecule has 0 bridgehead atoms. The van der Waals surface area contributed by atoms with E-state index in [0.29, 0.717) is 29.6 Å². The summed E-state index contributed by atoms with van der Waals surface area (Å²) in [6.45, 7) is 14.3. The zero-order valence-electron chi connectivity index (χ0n) is 24.5. The third-order valence-corrected chi connectivity index (χ3v) is 7.71. The van der Waals surface area contributed by atoms with Gasteiger partial charge in [0.05, 0.1) is 25.6 Å². The Bertz CT molecular complexity index is 924. The summed E-state index contributed by atoms with van der Waals surface area (Å²) in [5.74, 6) is 3.36. The number of halogens is 1. The average molecular weight is 516 g/mol. The first kappa shape index (κ1) is 30.9. The smallest absolute Gasteiger partial charge is 0.141 e. The number of nitrogens with one attached hydrogen (secondary N) is 1. The summed E-state index contributed by atoms with van der Waals surface area (Å²) >= 11 is 0. The molecule has 4 nitrogen and oxygen atoms in total. The first-order chi connectivity index (χ1) is 17.5. The van der Waals surface area contributed by atoms with Crippen molar-refractivity contribution >= 4 is 6.21 Å². The number of ether oxygens (including phenoxy) is 3. The molecule has 0 aromatic heterocycles. The Hall–Kier alpha value is -2.30. The fourth-order valence-corrected chi connectivity index (χ4v) is 4.82. The van der Waals surface area contributed by atoms with Crippen LogP contribution in [0.3, 0.4) is 0 Å². The van der Waals surface area contributed by atoms with Crippen LogP contribution in [0.2, 0.25) is 0 Å². The lowest BCUT2D eigenvalue weighted by Gasteiger charge is -2.36. The second kappa shape index (κ2) is 14.0. The van der Waals surface area contributed by atoms with Crippen molar-refractivity contribution in [1.82, 2.24) is 0 Å². The molecule has 1 aromatic rings. The summed E-state index contributed by atoms with van der Waals surface area (Å²) in [7, 11) is 1.62. The molecule has 0 spiro atoms. The van der Waals surface area contributed by atoms with Gasteiger partial charge in [0.1, 0.15) is 17.2 Å². The van der Waals surface area contributed by atoms with Gasteiger partial charge in [0.2, 0.25) is 0 Å². The van der Waals surface area contributed by atoms with Crippen LogP contribution in [-0.2, 0) is 10.4 Å². The van der Waals surface area contributed by atoms with Gasteiger partial charge in [-0.25, -0.2) is 4.39 Å². The summed E-state index contributed by atoms with van der Waals surface area (Å²) in [4.78, 5) is 0. The molecule has 1 saturated carbocycles. The second-order valence-corrected chi connectivity index (χ2v) is 11.6. The quantitative estimate of drug-likeness (QED) is 0.103. The highest BCUT2D eigenvalue weighted by atomic mass is 19.1. The van der Waals surface area contributed by atoms with Crippen LogP contribution in [-0.4, -0.2) is 26.0 Å². The van der Waals surface area contributed by atoms with Gasteiger partial charge in [-0.3, -0.25) is 0 Å². The SMILES string of the molecule is CCC[C@@H](CCCO/C(C)=C/C(=C\C=N)C(CC)C1CC1)Oc1cc(OC)ccc1C(C)(F)C(C)(C)C. The molecule has 0 radical (unpaired) electrons. The molecule has 1 aromatic carbocycles. The van der Waals surface area contributed by atoms with E-state index in [1.807, 2.05) is 39.8 Å². The van der Waals surface area contributed by atoms with Gasteiger partial charge in [-0.2, -0.15) is 0 Å². The number of allylic oxidation sites excluding steroid dienone is 4. The molecule has 1 aliphatic rings. The maximum absolute atomic E-state index is 16.0. The lowest BCUT2D eigenvalue weighted by atomic mass is 9.74. The number of methoxy groups -OCH3 is 1. The summed E-state index contributed by atoms with van der Waals surface area (Å²) < 4.78 is 33.9. The molecule has 0 amide bonds. The molecule has 2 rings (SSSR count). The summed E-state index contributed by atoms with van der Waals surface area (Å²) in [6, 6.07) is 5.41. The van der Waals surface area contributed by atoms with Gasteiger partial charge in [0.15, 0.2) is 0 Å². The predicted molar refractivity (Wildman–Crippen MR) is 153 cm³/mol. The largest absolute Gasteiger partial charge is 0.498 e. The van der Waals surface area contributed by atoms with Crippen LogP contribution in [0.15, 0.2) is 41.7 Å². The number of alkyl halides is 1. The summed E-state index contributed by atoms with van der Waals surface area (Å²) in [6.07, 6.45) is 12.5. The second-order valence-electron chi connectivity index (χ2n) is 11.6. The van der Waals surface area contributed by atoms with Gasteiger partial charge in [-0.05, 0) is 94.1 Å². The van der Waals surface area contributed by atoms with E-state index in [0.717, 1.165) is 43.8 Å². The molecule has 3 atom stereocenters. The average Bonchev–Trinajstić information content (AvgIpc) is 3.67. The molecule has 1 N–H and O–H groups in total. The van der Waals surface area contributed by atoms with Crippen molar-refractivity contribution in [3.8, 4) is 11.5 Å². The molecule has 0 saturated heterocycles. The number of hydrogen-bond donors (Lipinski definition) is 1. The van der Waals surface area contributed by atoms with Crippen molar-refractivity contribution in [3.05, 3.63) is 47.2 Å². The lowest BCUT2D eigenvalue weighted by Crippen LogP contribution is -2.33. The number of hydrogen-bond acceptors (Lipinski definition) is 4. The molecule has 208 valence electrons. The van der Waals surface area contributed by atoms with Crippen LogP contribution in [0.4, 0.5) is 4.39 Å². The van der Waals surface area contributed by atoms with Gasteiger partial charge in [-0.15, -0.1) is 0 Å². The van der Waals surface area contributed by atoms with Crippen LogP contribution in [0.5, 0.6) is 11.5 Å². The summed E-state index contributed by atoms with van der Waals surface area (Å²) in [5, 5.41) is 7.55. The fraction of sp³-hybridized carbons (Fsp3) is 0.656. The highest BCUT2D eigenvalue weighted by molar-refractivity contribution is 5.70. The molecule has 0 heterocycles. The molecule has 1 fully saturated rings. The number of benzene rings is 1. The van der Waals surface area contributed by atoms with Crippen molar-refractivity contribution in [3.63, 3.8) is 0 Å². The number of rotatable bonds is 16. The van der Waals surface area contributed by atoms with E-state index in [2.05, 4.69) is 19.9 Å². The van der Waals surface area contributed by atoms with Crippen LogP contribution in [0.1, 0.15) is 99.0 Å². The van der Waals surface area contributed by atoms with E-state index in [1.165, 1.54) is 24.6 Å². The first-order valence-corrected chi connectivity index (χ1v) is 14.0. The molecule has 0 aliphatic heterocycles. The van der Waals surface area contributed by atoms with E-state index < -0.39 is 11.1 Å². The van der Waals surface area contributed by atoms with Crippen LogP contribution < -0.4 is 9.47 Å². The maximum Gasteiger partial charge on any atom is 0.141 e. The third-order valence-electron chi connectivity index (χ3n) is 7.71. The summed E-state index contributed by atoms with van der Waals surface area (Å²) in [5.41, 5.74) is -0.389. The van der Waals surface area contributed by atoms with Gasteiger partial charge in [-0.1, -0.05) is 41.0 Å². The maximum atomic E-state index is 16.0. The Kier molecular flexibility index (Phi) is 11.7.